The van der Waals surface area contributed by atoms with E-state index in [2.05, 4.69) is 26.2 Å². The van der Waals surface area contributed by atoms with E-state index in [1.807, 2.05) is 6.92 Å². The van der Waals surface area contributed by atoms with Crippen molar-refractivity contribution >= 4 is 33.2 Å². The molecule has 0 unspecified atom stereocenters. The van der Waals surface area contributed by atoms with E-state index < -0.39 is 23.1 Å². The average molecular weight is 361 g/mol. The number of carbonyl (C=O) groups excluding carboxylic acids is 1. The summed E-state index contributed by atoms with van der Waals surface area (Å²) in [5, 5.41) is 3.17. The summed E-state index contributed by atoms with van der Waals surface area (Å²) in [4.78, 5) is 17.0. The number of nitrogens with zero attached hydrogens (tertiary/aromatic N) is 1. The molecule has 0 aliphatic carbocycles. The van der Waals surface area contributed by atoms with Crippen molar-refractivity contribution in [1.82, 2.24) is 10.3 Å². The Morgan fingerprint density at radius 1 is 1.40 bits per heavy atom. The highest BCUT2D eigenvalue weighted by atomic mass is 79.9. The summed E-state index contributed by atoms with van der Waals surface area (Å²) in [5.74, 6) is -2.59. The van der Waals surface area contributed by atoms with Gasteiger partial charge in [-0.15, -0.1) is 11.3 Å². The Hall–Kier alpha value is -1.34. The van der Waals surface area contributed by atoms with Gasteiger partial charge in [-0.1, -0.05) is 22.9 Å². The number of benzene rings is 1. The number of carbonyl (C=O) groups is 1. The number of aryl methyl sites for hydroxylation is 1. The molecule has 0 spiro atoms. The lowest BCUT2D eigenvalue weighted by molar-refractivity contribution is 0.0942. The molecular weight excluding hydrogens is 350 g/mol. The highest BCUT2D eigenvalue weighted by Gasteiger charge is 2.18. The maximum Gasteiger partial charge on any atom is 0.257 e. The normalized spacial score (nSPS) is 10.6. The van der Waals surface area contributed by atoms with Crippen molar-refractivity contribution in [3.8, 4) is 0 Å². The van der Waals surface area contributed by atoms with Gasteiger partial charge in [-0.05, 0) is 18.6 Å². The van der Waals surface area contributed by atoms with Crippen molar-refractivity contribution in [2.45, 2.75) is 19.9 Å². The minimum Gasteiger partial charge on any atom is -0.345 e. The third-order valence-corrected chi connectivity index (χ3v) is 4.18. The van der Waals surface area contributed by atoms with E-state index in [9.17, 15) is 13.6 Å². The first-order valence-electron chi connectivity index (χ1n) is 5.87. The van der Waals surface area contributed by atoms with Gasteiger partial charge in [-0.3, -0.25) is 4.79 Å². The van der Waals surface area contributed by atoms with E-state index in [-0.39, 0.29) is 11.0 Å². The molecule has 0 aliphatic heterocycles. The molecule has 2 aromatic rings. The standard InChI is InChI=1S/C13H11BrF2N2OS/c1-2-8-5-17-11(20-8)6-18-13(19)12-9(15)3-7(14)4-10(12)16/h3-5H,2,6H2,1H3,(H,18,19). The van der Waals surface area contributed by atoms with Gasteiger partial charge in [0.05, 0.1) is 6.54 Å². The Labute approximate surface area is 127 Å². The summed E-state index contributed by atoms with van der Waals surface area (Å²) in [6, 6.07) is 2.10. The molecule has 0 fully saturated rings. The zero-order chi connectivity index (χ0) is 14.7. The van der Waals surface area contributed by atoms with Crippen LogP contribution >= 0.6 is 27.3 Å². The number of nitrogens with one attached hydrogen (secondary N) is 1. The van der Waals surface area contributed by atoms with Crippen molar-refractivity contribution in [3.05, 3.63) is 49.9 Å². The largest absolute Gasteiger partial charge is 0.345 e. The Morgan fingerprint density at radius 3 is 2.60 bits per heavy atom. The van der Waals surface area contributed by atoms with Gasteiger partial charge in [0.15, 0.2) is 0 Å². The molecule has 7 heteroatoms. The number of hydrogen-bond acceptors (Lipinski definition) is 3. The molecule has 1 N–H and O–H groups in total. The quantitative estimate of drug-likeness (QED) is 0.903. The van der Waals surface area contributed by atoms with Crippen LogP contribution in [0.5, 0.6) is 0 Å². The minimum absolute atomic E-state index is 0.151. The van der Waals surface area contributed by atoms with Gasteiger partial charge in [0.25, 0.3) is 5.91 Å². The molecule has 1 aromatic heterocycles. The molecule has 1 amide bonds. The second-order valence-corrected chi connectivity index (χ2v) is 6.12. The van der Waals surface area contributed by atoms with Crippen LogP contribution in [-0.2, 0) is 13.0 Å². The highest BCUT2D eigenvalue weighted by Crippen LogP contribution is 2.19. The average Bonchev–Trinajstić information content (AvgIpc) is 2.83. The second kappa shape index (κ2) is 6.41. The van der Waals surface area contributed by atoms with Crippen molar-refractivity contribution in [3.63, 3.8) is 0 Å². The van der Waals surface area contributed by atoms with Crippen LogP contribution < -0.4 is 5.32 Å². The maximum atomic E-state index is 13.6. The molecule has 0 bridgehead atoms. The van der Waals surface area contributed by atoms with Gasteiger partial charge < -0.3 is 5.32 Å². The number of aromatic nitrogens is 1. The predicted octanol–water partition coefficient (Wildman–Crippen LogP) is 3.68. The second-order valence-electron chi connectivity index (χ2n) is 4.00. The Morgan fingerprint density at radius 2 is 2.05 bits per heavy atom. The molecule has 0 atom stereocenters. The van der Waals surface area contributed by atoms with Gasteiger partial charge in [-0.25, -0.2) is 13.8 Å². The number of thiazole rings is 1. The van der Waals surface area contributed by atoms with Crippen LogP contribution in [0.15, 0.2) is 22.8 Å². The summed E-state index contributed by atoms with van der Waals surface area (Å²) < 4.78 is 27.5. The van der Waals surface area contributed by atoms with Gasteiger partial charge in [0.2, 0.25) is 0 Å². The first-order valence-corrected chi connectivity index (χ1v) is 7.48. The zero-order valence-electron chi connectivity index (χ0n) is 10.5. The van der Waals surface area contributed by atoms with Crippen LogP contribution in [0, 0.1) is 11.6 Å². The van der Waals surface area contributed by atoms with E-state index in [1.54, 1.807) is 6.20 Å². The fourth-order valence-corrected chi connectivity index (χ4v) is 2.80. The monoisotopic (exact) mass is 360 g/mol. The van der Waals surface area contributed by atoms with Gasteiger partial charge >= 0.3 is 0 Å². The van der Waals surface area contributed by atoms with E-state index >= 15 is 0 Å². The molecule has 0 aliphatic rings. The molecule has 0 radical (unpaired) electrons. The molecule has 2 rings (SSSR count). The van der Waals surface area contributed by atoms with Crippen LogP contribution in [0.25, 0.3) is 0 Å². The van der Waals surface area contributed by atoms with Crippen LogP contribution in [0.3, 0.4) is 0 Å². The number of hydrogen-bond donors (Lipinski definition) is 1. The van der Waals surface area contributed by atoms with Gasteiger partial charge in [-0.2, -0.15) is 0 Å². The molecule has 1 heterocycles. The zero-order valence-corrected chi connectivity index (χ0v) is 12.9. The lowest BCUT2D eigenvalue weighted by Gasteiger charge is -2.06. The van der Waals surface area contributed by atoms with Crippen molar-refractivity contribution in [1.29, 1.82) is 0 Å². The van der Waals surface area contributed by atoms with Crippen LogP contribution in [0.4, 0.5) is 8.78 Å². The third-order valence-electron chi connectivity index (χ3n) is 2.58. The lowest BCUT2D eigenvalue weighted by atomic mass is 10.2. The van der Waals surface area contributed by atoms with Crippen molar-refractivity contribution in [2.24, 2.45) is 0 Å². The molecule has 0 saturated carbocycles. The summed E-state index contributed by atoms with van der Waals surface area (Å²) in [7, 11) is 0. The SMILES string of the molecule is CCc1cnc(CNC(=O)c2c(F)cc(Br)cc2F)s1. The maximum absolute atomic E-state index is 13.6. The Balaban J connectivity index is 2.09. The van der Waals surface area contributed by atoms with E-state index in [0.29, 0.717) is 5.01 Å². The first-order chi connectivity index (χ1) is 9.51. The topological polar surface area (TPSA) is 42.0 Å². The molecule has 3 nitrogen and oxygen atoms in total. The van der Waals surface area contributed by atoms with Crippen LogP contribution in [0.2, 0.25) is 0 Å². The summed E-state index contributed by atoms with van der Waals surface area (Å²) >= 11 is 4.42. The number of rotatable bonds is 4. The Kier molecular flexibility index (Phi) is 4.82. The van der Waals surface area contributed by atoms with Gasteiger partial charge in [0.1, 0.15) is 22.2 Å². The highest BCUT2D eigenvalue weighted by molar-refractivity contribution is 9.10. The predicted molar refractivity (Wildman–Crippen MR) is 76.7 cm³/mol. The fourth-order valence-electron chi connectivity index (χ4n) is 1.60. The van der Waals surface area contributed by atoms with Crippen molar-refractivity contribution in [2.75, 3.05) is 0 Å². The molecule has 106 valence electrons. The summed E-state index contributed by atoms with van der Waals surface area (Å²) in [6.07, 6.45) is 2.59. The van der Waals surface area contributed by atoms with Gasteiger partial charge in [0, 0.05) is 15.5 Å². The summed E-state index contributed by atoms with van der Waals surface area (Å²) in [5.41, 5.74) is -0.583. The van der Waals surface area contributed by atoms with Crippen LogP contribution in [-0.4, -0.2) is 10.9 Å². The van der Waals surface area contributed by atoms with E-state index in [1.165, 1.54) is 11.3 Å². The lowest BCUT2D eigenvalue weighted by Crippen LogP contribution is -2.25. The third kappa shape index (κ3) is 3.40. The van der Waals surface area contributed by atoms with E-state index in [4.69, 9.17) is 0 Å². The molecular formula is C13H11BrF2N2OS. The fraction of sp³-hybridized carbons (Fsp3) is 0.231. The van der Waals surface area contributed by atoms with E-state index in [0.717, 1.165) is 23.4 Å². The number of amides is 1. The molecule has 20 heavy (non-hydrogen) atoms. The Bertz CT molecular complexity index is 622. The summed E-state index contributed by atoms with van der Waals surface area (Å²) in [6.45, 7) is 2.15. The smallest absolute Gasteiger partial charge is 0.257 e. The van der Waals surface area contributed by atoms with Crippen LogP contribution in [0.1, 0.15) is 27.2 Å². The minimum atomic E-state index is -0.900. The molecule has 0 saturated heterocycles. The first kappa shape index (κ1) is 15.1. The molecule has 1 aromatic carbocycles. The van der Waals surface area contributed by atoms with Crippen molar-refractivity contribution < 1.29 is 13.6 Å². The number of halogens is 3.